The van der Waals surface area contributed by atoms with Crippen LogP contribution in [0.3, 0.4) is 0 Å². The average molecular weight is 633 g/mol. The minimum Gasteiger partial charge on any atom is -0.466 e. The molecule has 5 rings (SSSR count). The fourth-order valence-electron chi connectivity index (χ4n) is 5.90. The Bertz CT molecular complexity index is 1430. The molecule has 3 aliphatic rings. The standard InChI is InChI=1S/C30H40N4O7S2/c1-3-12-32-13-11-24-25(20-32)42-28(26(24)29(36)33-16-18-40-19-17-33)31-27(35)21-5-7-23(8-6-21)43(38,39)34-14-9-22(10-15-34)30(37)41-4-2/h5-8,22H,3-4,9-20H2,1-2H3,(H,31,35). The first-order valence-electron chi connectivity index (χ1n) is 15.0. The molecule has 4 heterocycles. The molecule has 13 heteroatoms. The van der Waals surface area contributed by atoms with Crippen LogP contribution in [0, 0.1) is 5.92 Å². The minimum absolute atomic E-state index is 0.0874. The second kappa shape index (κ2) is 13.9. The van der Waals surface area contributed by atoms with Gasteiger partial charge in [0.15, 0.2) is 0 Å². The van der Waals surface area contributed by atoms with Gasteiger partial charge < -0.3 is 19.7 Å². The quantitative estimate of drug-likeness (QED) is 0.418. The van der Waals surface area contributed by atoms with Crippen molar-refractivity contribution >= 4 is 44.1 Å². The van der Waals surface area contributed by atoms with E-state index >= 15 is 0 Å². The van der Waals surface area contributed by atoms with Crippen molar-refractivity contribution in [3.05, 3.63) is 45.8 Å². The first-order valence-corrected chi connectivity index (χ1v) is 17.3. The lowest BCUT2D eigenvalue weighted by Gasteiger charge is -2.30. The number of sulfonamides is 1. The number of carbonyl (C=O) groups is 3. The van der Waals surface area contributed by atoms with Crippen molar-refractivity contribution in [3.8, 4) is 0 Å². The van der Waals surface area contributed by atoms with E-state index < -0.39 is 15.9 Å². The summed E-state index contributed by atoms with van der Waals surface area (Å²) in [7, 11) is -3.78. The van der Waals surface area contributed by atoms with Gasteiger partial charge in [0.2, 0.25) is 10.0 Å². The molecule has 2 saturated heterocycles. The number of nitrogens with one attached hydrogen (secondary N) is 1. The highest BCUT2D eigenvalue weighted by Crippen LogP contribution is 2.38. The Hall–Kier alpha value is -2.84. The van der Waals surface area contributed by atoms with Gasteiger partial charge in [0, 0.05) is 49.7 Å². The average Bonchev–Trinajstić information content (AvgIpc) is 3.38. The van der Waals surface area contributed by atoms with Gasteiger partial charge in [-0.3, -0.25) is 19.3 Å². The number of anilines is 1. The lowest BCUT2D eigenvalue weighted by Crippen LogP contribution is -2.41. The zero-order valence-electron chi connectivity index (χ0n) is 24.8. The molecule has 2 amide bonds. The summed E-state index contributed by atoms with van der Waals surface area (Å²) in [6, 6.07) is 5.86. The van der Waals surface area contributed by atoms with Crippen molar-refractivity contribution in [2.24, 2.45) is 5.92 Å². The number of amides is 2. The second-order valence-corrected chi connectivity index (χ2v) is 14.1. The molecule has 0 saturated carbocycles. The Labute approximate surface area is 257 Å². The highest BCUT2D eigenvalue weighted by molar-refractivity contribution is 7.89. The van der Waals surface area contributed by atoms with E-state index in [0.29, 0.717) is 61.9 Å². The van der Waals surface area contributed by atoms with Crippen molar-refractivity contribution < 1.29 is 32.3 Å². The van der Waals surface area contributed by atoms with Gasteiger partial charge in [-0.05, 0) is 69.0 Å². The lowest BCUT2D eigenvalue weighted by molar-refractivity contribution is -0.149. The molecule has 0 radical (unpaired) electrons. The Kier molecular flexibility index (Phi) is 10.2. The third-order valence-electron chi connectivity index (χ3n) is 8.24. The molecule has 43 heavy (non-hydrogen) atoms. The molecule has 0 unspecified atom stereocenters. The van der Waals surface area contributed by atoms with Crippen molar-refractivity contribution in [2.45, 2.75) is 51.0 Å². The Morgan fingerprint density at radius 3 is 2.37 bits per heavy atom. The van der Waals surface area contributed by atoms with Crippen LogP contribution in [0.15, 0.2) is 29.2 Å². The van der Waals surface area contributed by atoms with Gasteiger partial charge in [-0.2, -0.15) is 4.31 Å². The molecule has 3 aliphatic heterocycles. The molecule has 2 fully saturated rings. The van der Waals surface area contributed by atoms with E-state index in [1.165, 1.54) is 39.9 Å². The van der Waals surface area contributed by atoms with E-state index in [0.717, 1.165) is 42.9 Å². The van der Waals surface area contributed by atoms with Gasteiger partial charge in [0.1, 0.15) is 5.00 Å². The van der Waals surface area contributed by atoms with Crippen molar-refractivity contribution in [1.29, 1.82) is 0 Å². The maximum atomic E-state index is 13.7. The van der Waals surface area contributed by atoms with Crippen LogP contribution >= 0.6 is 11.3 Å². The number of piperidine rings is 1. The van der Waals surface area contributed by atoms with E-state index in [-0.39, 0.29) is 35.8 Å². The van der Waals surface area contributed by atoms with Crippen molar-refractivity contribution in [1.82, 2.24) is 14.1 Å². The topological polar surface area (TPSA) is 126 Å². The summed E-state index contributed by atoms with van der Waals surface area (Å²) in [4.78, 5) is 44.5. The summed E-state index contributed by atoms with van der Waals surface area (Å²) < 4.78 is 38.4. The van der Waals surface area contributed by atoms with Crippen LogP contribution in [-0.2, 0) is 37.3 Å². The van der Waals surface area contributed by atoms with E-state index in [1.807, 2.05) is 0 Å². The molecule has 0 spiro atoms. The zero-order valence-corrected chi connectivity index (χ0v) is 26.4. The van der Waals surface area contributed by atoms with Gasteiger partial charge in [-0.25, -0.2) is 8.42 Å². The normalized spacial score (nSPS) is 18.7. The summed E-state index contributed by atoms with van der Waals surface area (Å²) in [5, 5.41) is 3.51. The SMILES string of the molecule is CCCN1CCc2c(sc(NC(=O)c3ccc(S(=O)(=O)N4CCC(C(=O)OCC)CC4)cc3)c2C(=O)N2CCOCC2)C1. The maximum Gasteiger partial charge on any atom is 0.309 e. The molecular formula is C30H40N4O7S2. The number of esters is 1. The molecule has 0 aliphatic carbocycles. The number of ether oxygens (including phenoxy) is 2. The number of thiophene rings is 1. The molecule has 1 aromatic heterocycles. The molecule has 1 N–H and O–H groups in total. The van der Waals surface area contributed by atoms with Crippen molar-refractivity contribution in [2.75, 3.05) is 64.4 Å². The lowest BCUT2D eigenvalue weighted by atomic mass is 9.98. The summed E-state index contributed by atoms with van der Waals surface area (Å²) in [5.41, 5.74) is 1.87. The van der Waals surface area contributed by atoms with Gasteiger partial charge in [0.05, 0.1) is 36.2 Å². The van der Waals surface area contributed by atoms with Gasteiger partial charge in [-0.15, -0.1) is 11.3 Å². The molecule has 234 valence electrons. The Balaban J connectivity index is 1.31. The highest BCUT2D eigenvalue weighted by atomic mass is 32.2. The van der Waals surface area contributed by atoms with Crippen LogP contribution in [0.4, 0.5) is 5.00 Å². The number of nitrogens with zero attached hydrogens (tertiary/aromatic N) is 3. The number of benzene rings is 1. The number of rotatable bonds is 9. The molecule has 0 atom stereocenters. The van der Waals surface area contributed by atoms with Crippen molar-refractivity contribution in [3.63, 3.8) is 0 Å². The Morgan fingerprint density at radius 2 is 1.72 bits per heavy atom. The van der Waals surface area contributed by atoms with E-state index in [4.69, 9.17) is 9.47 Å². The highest BCUT2D eigenvalue weighted by Gasteiger charge is 2.34. The van der Waals surface area contributed by atoms with E-state index in [2.05, 4.69) is 17.1 Å². The Morgan fingerprint density at radius 1 is 1.02 bits per heavy atom. The monoisotopic (exact) mass is 632 g/mol. The van der Waals surface area contributed by atoms with Crippen LogP contribution in [0.25, 0.3) is 0 Å². The van der Waals surface area contributed by atoms with Crippen LogP contribution < -0.4 is 5.32 Å². The summed E-state index contributed by atoms with van der Waals surface area (Å²) in [5.74, 6) is -1.07. The third-order valence-corrected chi connectivity index (χ3v) is 11.3. The van der Waals surface area contributed by atoms with Gasteiger partial charge >= 0.3 is 5.97 Å². The summed E-state index contributed by atoms with van der Waals surface area (Å²) >= 11 is 1.45. The fraction of sp³-hybridized carbons (Fsp3) is 0.567. The molecule has 2 aromatic rings. The second-order valence-electron chi connectivity index (χ2n) is 11.0. The van der Waals surface area contributed by atoms with Crippen LogP contribution in [0.2, 0.25) is 0 Å². The number of carbonyl (C=O) groups excluding carboxylic acids is 3. The zero-order chi connectivity index (χ0) is 30.6. The minimum atomic E-state index is -3.78. The van der Waals surface area contributed by atoms with E-state index in [1.54, 1.807) is 11.8 Å². The summed E-state index contributed by atoms with van der Waals surface area (Å²) in [6.07, 6.45) is 2.61. The van der Waals surface area contributed by atoms with Gasteiger partial charge in [-0.1, -0.05) is 6.92 Å². The summed E-state index contributed by atoms with van der Waals surface area (Å²) in [6.45, 7) is 9.24. The van der Waals surface area contributed by atoms with Crippen LogP contribution in [0.1, 0.15) is 64.3 Å². The van der Waals surface area contributed by atoms with Gasteiger partial charge in [0.25, 0.3) is 11.8 Å². The predicted molar refractivity (Wildman–Crippen MR) is 163 cm³/mol. The van der Waals surface area contributed by atoms with Crippen LogP contribution in [-0.4, -0.2) is 99.4 Å². The molecule has 11 nitrogen and oxygen atoms in total. The first-order chi connectivity index (χ1) is 20.7. The molecule has 1 aromatic carbocycles. The molecule has 0 bridgehead atoms. The van der Waals surface area contributed by atoms with Crippen LogP contribution in [0.5, 0.6) is 0 Å². The predicted octanol–water partition coefficient (Wildman–Crippen LogP) is 3.20. The van der Waals surface area contributed by atoms with E-state index in [9.17, 15) is 22.8 Å². The third kappa shape index (κ3) is 6.96. The smallest absolute Gasteiger partial charge is 0.309 e. The molecular weight excluding hydrogens is 592 g/mol. The fourth-order valence-corrected chi connectivity index (χ4v) is 8.64. The number of morpholine rings is 1. The number of hydrogen-bond acceptors (Lipinski definition) is 9. The maximum absolute atomic E-state index is 13.7. The largest absolute Gasteiger partial charge is 0.466 e. The number of fused-ring (bicyclic) bond motifs is 1. The first kappa shape index (κ1) is 31.6. The number of hydrogen-bond donors (Lipinski definition) is 1.